The summed E-state index contributed by atoms with van der Waals surface area (Å²) < 4.78 is 17.8. The van der Waals surface area contributed by atoms with Gasteiger partial charge in [0.15, 0.2) is 12.6 Å². The molecule has 3 amide bonds. The number of carbonyl (C=O) groups excluding carboxylic acids is 3. The summed E-state index contributed by atoms with van der Waals surface area (Å²) in [6.45, 7) is 7.05. The number of nitrogens with one attached hydrogen (secondary N) is 3. The van der Waals surface area contributed by atoms with Gasteiger partial charge in [-0.15, -0.1) is 0 Å². The lowest BCUT2D eigenvalue weighted by atomic mass is 9.97. The van der Waals surface area contributed by atoms with Crippen LogP contribution in [0.4, 0.5) is 16.3 Å². The minimum atomic E-state index is -0.687. The number of aromatic nitrogens is 2. The van der Waals surface area contributed by atoms with Gasteiger partial charge >= 0.3 is 6.09 Å². The van der Waals surface area contributed by atoms with E-state index >= 15 is 0 Å². The topological polar surface area (TPSA) is 157 Å². The number of methoxy groups -OCH3 is 1. The number of nitrogens with zero attached hydrogens (tertiary/aromatic N) is 3. The van der Waals surface area contributed by atoms with Crippen molar-refractivity contribution in [3.8, 4) is 34.2 Å². The molecule has 48 heavy (non-hydrogen) atoms. The van der Waals surface area contributed by atoms with Gasteiger partial charge in [0.25, 0.3) is 5.91 Å². The Kier molecular flexibility index (Phi) is 11.4. The zero-order valence-corrected chi connectivity index (χ0v) is 28.3. The SMILES string of the molecule is COCOc1cc(Cl)ccc1-c1cc(-c2cccc(NC(=O)CC(C)OC(=O)NC(C)(C)C)c2)c(C#N)c(NC(=O)c2cccn2C)n1. The number of anilines is 2. The normalized spacial score (nSPS) is 11.6. The van der Waals surface area contributed by atoms with Crippen molar-refractivity contribution in [1.29, 1.82) is 5.26 Å². The summed E-state index contributed by atoms with van der Waals surface area (Å²) in [4.78, 5) is 43.0. The van der Waals surface area contributed by atoms with Gasteiger partial charge in [-0.25, -0.2) is 9.78 Å². The summed E-state index contributed by atoms with van der Waals surface area (Å²) in [7, 11) is 3.22. The summed E-state index contributed by atoms with van der Waals surface area (Å²) >= 11 is 6.26. The Hall–Kier alpha value is -5.38. The summed E-state index contributed by atoms with van der Waals surface area (Å²) in [5, 5.41) is 19.1. The van der Waals surface area contributed by atoms with Gasteiger partial charge in [-0.1, -0.05) is 23.7 Å². The first kappa shape index (κ1) is 35.5. The minimum absolute atomic E-state index is 0.0257. The molecule has 0 fully saturated rings. The standard InChI is InChI=1S/C35H37ClN6O6/c1-21(48-34(45)41-35(2,3)4)15-31(43)38-24-10-7-9-22(16-24)26-18-28(25-13-12-23(36)17-30(25)47-20-46-6)39-32(27(26)19-37)40-33(44)29-11-8-14-42(29)5/h7-14,16-18,21H,15,20H2,1-6H3,(H,38,43)(H,41,45)(H,39,40,44). The van der Waals surface area contributed by atoms with Gasteiger partial charge in [0.1, 0.15) is 29.2 Å². The van der Waals surface area contributed by atoms with Crippen LogP contribution in [0, 0.1) is 11.3 Å². The summed E-state index contributed by atoms with van der Waals surface area (Å²) in [5.41, 5.74) is 2.33. The average Bonchev–Trinajstić information content (AvgIpc) is 3.44. The second kappa shape index (κ2) is 15.5. The number of amides is 3. The van der Waals surface area contributed by atoms with Crippen molar-refractivity contribution in [3.63, 3.8) is 0 Å². The molecule has 250 valence electrons. The number of nitriles is 1. The van der Waals surface area contributed by atoms with Gasteiger partial charge in [0, 0.05) is 47.7 Å². The molecule has 0 spiro atoms. The first-order chi connectivity index (χ1) is 22.8. The third-order valence-electron chi connectivity index (χ3n) is 6.81. The molecule has 0 saturated carbocycles. The largest absolute Gasteiger partial charge is 0.467 e. The molecule has 0 aliphatic rings. The highest BCUT2D eigenvalue weighted by Gasteiger charge is 2.22. The van der Waals surface area contributed by atoms with Crippen LogP contribution in [-0.4, -0.2) is 53.0 Å². The van der Waals surface area contributed by atoms with Crippen molar-refractivity contribution in [2.75, 3.05) is 24.5 Å². The van der Waals surface area contributed by atoms with Gasteiger partial charge in [-0.3, -0.25) is 9.59 Å². The number of hydrogen-bond acceptors (Lipinski definition) is 8. The maximum atomic E-state index is 13.3. The van der Waals surface area contributed by atoms with Crippen LogP contribution < -0.4 is 20.7 Å². The number of aryl methyl sites for hydroxylation is 1. The Morgan fingerprint density at radius 3 is 2.48 bits per heavy atom. The van der Waals surface area contributed by atoms with Crippen LogP contribution in [0.3, 0.4) is 0 Å². The van der Waals surface area contributed by atoms with E-state index in [2.05, 4.69) is 27.0 Å². The van der Waals surface area contributed by atoms with Gasteiger partial charge in [0.2, 0.25) is 5.91 Å². The Labute approximate surface area is 284 Å². The van der Waals surface area contributed by atoms with E-state index in [0.29, 0.717) is 44.5 Å². The van der Waals surface area contributed by atoms with Crippen LogP contribution in [0.25, 0.3) is 22.4 Å². The highest BCUT2D eigenvalue weighted by Crippen LogP contribution is 2.38. The first-order valence-corrected chi connectivity index (χ1v) is 15.3. The fourth-order valence-electron chi connectivity index (χ4n) is 4.73. The van der Waals surface area contributed by atoms with Crippen molar-refractivity contribution < 1.29 is 28.6 Å². The smallest absolute Gasteiger partial charge is 0.407 e. The van der Waals surface area contributed by atoms with E-state index in [1.807, 2.05) is 20.8 Å². The Morgan fingerprint density at radius 1 is 1.04 bits per heavy atom. The fraction of sp³-hybridized carbons (Fsp3) is 0.286. The van der Waals surface area contributed by atoms with Crippen LogP contribution in [0.15, 0.2) is 66.9 Å². The number of rotatable bonds is 11. The van der Waals surface area contributed by atoms with Crippen LogP contribution >= 0.6 is 11.6 Å². The van der Waals surface area contributed by atoms with E-state index in [9.17, 15) is 19.6 Å². The molecule has 0 radical (unpaired) electrons. The highest BCUT2D eigenvalue weighted by atomic mass is 35.5. The molecule has 1 atom stereocenters. The number of carbonyl (C=O) groups is 3. The monoisotopic (exact) mass is 672 g/mol. The Morgan fingerprint density at radius 2 is 1.81 bits per heavy atom. The lowest BCUT2D eigenvalue weighted by Gasteiger charge is -2.22. The van der Waals surface area contributed by atoms with Crippen LogP contribution in [0.5, 0.6) is 5.75 Å². The molecule has 1 unspecified atom stereocenters. The van der Waals surface area contributed by atoms with Crippen LogP contribution in [0.2, 0.25) is 5.02 Å². The quantitative estimate of drug-likeness (QED) is 0.148. The molecule has 0 aliphatic heterocycles. The van der Waals surface area contributed by atoms with E-state index in [-0.39, 0.29) is 30.5 Å². The van der Waals surface area contributed by atoms with Crippen molar-refractivity contribution in [2.24, 2.45) is 7.05 Å². The van der Waals surface area contributed by atoms with E-state index in [1.165, 1.54) is 7.11 Å². The van der Waals surface area contributed by atoms with E-state index in [1.54, 1.807) is 85.4 Å². The maximum absolute atomic E-state index is 13.3. The number of hydrogen-bond donors (Lipinski definition) is 3. The molecule has 3 N–H and O–H groups in total. The second-order valence-electron chi connectivity index (χ2n) is 12.0. The van der Waals surface area contributed by atoms with Gasteiger partial charge in [-0.05, 0) is 81.8 Å². The number of alkyl carbamates (subject to hydrolysis) is 1. The van der Waals surface area contributed by atoms with Crippen LogP contribution in [0.1, 0.15) is 50.2 Å². The van der Waals surface area contributed by atoms with Gasteiger partial charge in [0.05, 0.1) is 12.1 Å². The van der Waals surface area contributed by atoms with Crippen molar-refractivity contribution in [1.82, 2.24) is 14.9 Å². The number of halogens is 1. The molecule has 2 heterocycles. The predicted octanol–water partition coefficient (Wildman–Crippen LogP) is 6.76. The predicted molar refractivity (Wildman–Crippen MR) is 183 cm³/mol. The molecule has 13 heteroatoms. The molecule has 12 nitrogen and oxygen atoms in total. The van der Waals surface area contributed by atoms with Crippen LogP contribution in [-0.2, 0) is 21.3 Å². The van der Waals surface area contributed by atoms with E-state index < -0.39 is 23.6 Å². The summed E-state index contributed by atoms with van der Waals surface area (Å²) in [6, 6.07) is 19.2. The first-order valence-electron chi connectivity index (χ1n) is 15.0. The number of benzene rings is 2. The van der Waals surface area contributed by atoms with Crippen molar-refractivity contribution >= 4 is 41.0 Å². The lowest BCUT2D eigenvalue weighted by Crippen LogP contribution is -2.42. The van der Waals surface area contributed by atoms with Gasteiger partial charge < -0.3 is 34.7 Å². The fourth-order valence-corrected chi connectivity index (χ4v) is 4.89. The zero-order valence-electron chi connectivity index (χ0n) is 27.5. The molecule has 2 aromatic carbocycles. The molecule has 4 aromatic rings. The third kappa shape index (κ3) is 9.34. The summed E-state index contributed by atoms with van der Waals surface area (Å²) in [5.74, 6) is -0.440. The molecular weight excluding hydrogens is 636 g/mol. The number of ether oxygens (including phenoxy) is 3. The lowest BCUT2D eigenvalue weighted by molar-refractivity contribution is -0.117. The van der Waals surface area contributed by atoms with E-state index in [0.717, 1.165) is 0 Å². The molecule has 4 rings (SSSR count). The molecular formula is C35H37ClN6O6. The van der Waals surface area contributed by atoms with Crippen molar-refractivity contribution in [3.05, 3.63) is 83.1 Å². The van der Waals surface area contributed by atoms with Gasteiger partial charge in [-0.2, -0.15) is 5.26 Å². The average molecular weight is 673 g/mol. The third-order valence-corrected chi connectivity index (χ3v) is 7.04. The number of pyridine rings is 1. The highest BCUT2D eigenvalue weighted by molar-refractivity contribution is 6.30. The molecule has 0 bridgehead atoms. The van der Waals surface area contributed by atoms with Crippen molar-refractivity contribution in [2.45, 2.75) is 45.8 Å². The maximum Gasteiger partial charge on any atom is 0.407 e. The molecule has 0 saturated heterocycles. The minimum Gasteiger partial charge on any atom is -0.467 e. The Bertz CT molecular complexity index is 1860. The molecule has 0 aliphatic carbocycles. The Balaban J connectivity index is 1.72. The molecule has 2 aromatic heterocycles. The summed E-state index contributed by atoms with van der Waals surface area (Å²) in [6.07, 6.45) is 0.345. The second-order valence-corrected chi connectivity index (χ2v) is 12.4. The zero-order chi connectivity index (χ0) is 35.0. The van der Waals surface area contributed by atoms with E-state index in [4.69, 9.17) is 25.8 Å².